The van der Waals surface area contributed by atoms with E-state index in [4.69, 9.17) is 10.5 Å². The van der Waals surface area contributed by atoms with Gasteiger partial charge in [0.25, 0.3) is 5.91 Å². The van der Waals surface area contributed by atoms with Crippen LogP contribution in [0.15, 0.2) is 24.3 Å². The number of anilines is 1. The number of carbonyl (C=O) groups excluding carboxylic acids is 1. The lowest BCUT2D eigenvalue weighted by molar-refractivity contribution is -0.119. The third-order valence-electron chi connectivity index (χ3n) is 3.88. The van der Waals surface area contributed by atoms with Crippen LogP contribution in [-0.2, 0) is 4.79 Å². The number of amides is 1. The second-order valence-electron chi connectivity index (χ2n) is 5.80. The standard InChI is InChI=1S/C16H24N2O2/c1-12-3-2-4-13(9-12)10-18-14-5-7-15(8-6-14)20-11-16(17)19/h5-8,12-13,18H,2-4,9-11H2,1H3,(H2,17,19). The van der Waals surface area contributed by atoms with Gasteiger partial charge < -0.3 is 15.8 Å². The van der Waals surface area contributed by atoms with Crippen LogP contribution in [0.2, 0.25) is 0 Å². The maximum Gasteiger partial charge on any atom is 0.255 e. The molecule has 20 heavy (non-hydrogen) atoms. The third kappa shape index (κ3) is 4.76. The number of rotatable bonds is 6. The Kier molecular flexibility index (Phi) is 5.27. The summed E-state index contributed by atoms with van der Waals surface area (Å²) in [5, 5.41) is 3.48. The van der Waals surface area contributed by atoms with Crippen molar-refractivity contribution in [3.05, 3.63) is 24.3 Å². The van der Waals surface area contributed by atoms with Gasteiger partial charge in [-0.25, -0.2) is 0 Å². The molecule has 1 aromatic carbocycles. The lowest BCUT2D eigenvalue weighted by atomic mass is 9.82. The van der Waals surface area contributed by atoms with Crippen molar-refractivity contribution in [3.8, 4) is 5.75 Å². The fourth-order valence-electron chi connectivity index (χ4n) is 2.83. The molecule has 0 saturated heterocycles. The molecule has 110 valence electrons. The smallest absolute Gasteiger partial charge is 0.255 e. The Balaban J connectivity index is 1.77. The number of carbonyl (C=O) groups is 1. The van der Waals surface area contributed by atoms with Gasteiger partial charge in [0.2, 0.25) is 0 Å². The predicted octanol–water partition coefficient (Wildman–Crippen LogP) is 2.79. The first-order chi connectivity index (χ1) is 9.63. The van der Waals surface area contributed by atoms with Crippen molar-refractivity contribution in [2.24, 2.45) is 17.6 Å². The van der Waals surface area contributed by atoms with Gasteiger partial charge in [0.05, 0.1) is 0 Å². The van der Waals surface area contributed by atoms with Gasteiger partial charge in [-0.1, -0.05) is 19.8 Å². The van der Waals surface area contributed by atoms with E-state index in [1.807, 2.05) is 24.3 Å². The number of nitrogens with two attached hydrogens (primary N) is 1. The van der Waals surface area contributed by atoms with Gasteiger partial charge in [0, 0.05) is 12.2 Å². The van der Waals surface area contributed by atoms with Gasteiger partial charge in [-0.15, -0.1) is 0 Å². The van der Waals surface area contributed by atoms with Crippen LogP contribution < -0.4 is 15.8 Å². The Labute approximate surface area is 120 Å². The molecule has 0 heterocycles. The van der Waals surface area contributed by atoms with Gasteiger partial charge in [0.15, 0.2) is 6.61 Å². The van der Waals surface area contributed by atoms with E-state index in [1.165, 1.54) is 25.7 Å². The average molecular weight is 276 g/mol. The molecule has 0 aromatic heterocycles. The van der Waals surface area contributed by atoms with E-state index in [0.717, 1.165) is 24.1 Å². The molecular weight excluding hydrogens is 252 g/mol. The topological polar surface area (TPSA) is 64.3 Å². The molecule has 2 unspecified atom stereocenters. The van der Waals surface area contributed by atoms with Crippen molar-refractivity contribution in [1.29, 1.82) is 0 Å². The number of hydrogen-bond acceptors (Lipinski definition) is 3. The van der Waals surface area contributed by atoms with E-state index in [-0.39, 0.29) is 6.61 Å². The number of primary amides is 1. The summed E-state index contributed by atoms with van der Waals surface area (Å²) >= 11 is 0. The fourth-order valence-corrected chi connectivity index (χ4v) is 2.83. The van der Waals surface area contributed by atoms with Crippen LogP contribution in [0.4, 0.5) is 5.69 Å². The molecule has 3 N–H and O–H groups in total. The first kappa shape index (κ1) is 14.7. The Morgan fingerprint density at radius 1 is 1.35 bits per heavy atom. The van der Waals surface area contributed by atoms with E-state index in [1.54, 1.807) is 0 Å². The maximum atomic E-state index is 10.6. The average Bonchev–Trinajstić information content (AvgIpc) is 2.44. The molecule has 4 nitrogen and oxygen atoms in total. The third-order valence-corrected chi connectivity index (χ3v) is 3.88. The van der Waals surface area contributed by atoms with Crippen LogP contribution in [0.3, 0.4) is 0 Å². The van der Waals surface area contributed by atoms with Crippen LogP contribution in [0, 0.1) is 11.8 Å². The van der Waals surface area contributed by atoms with Crippen LogP contribution >= 0.6 is 0 Å². The Morgan fingerprint density at radius 3 is 2.75 bits per heavy atom. The molecule has 0 aliphatic heterocycles. The molecule has 1 saturated carbocycles. The van der Waals surface area contributed by atoms with E-state index in [0.29, 0.717) is 5.75 Å². The largest absolute Gasteiger partial charge is 0.484 e. The summed E-state index contributed by atoms with van der Waals surface area (Å²) < 4.78 is 5.23. The van der Waals surface area contributed by atoms with E-state index in [9.17, 15) is 4.79 Å². The lowest BCUT2D eigenvalue weighted by Crippen LogP contribution is -2.21. The zero-order chi connectivity index (χ0) is 14.4. The predicted molar refractivity (Wildman–Crippen MR) is 80.7 cm³/mol. The molecule has 0 bridgehead atoms. The highest BCUT2D eigenvalue weighted by atomic mass is 16.5. The zero-order valence-electron chi connectivity index (χ0n) is 12.1. The summed E-state index contributed by atoms with van der Waals surface area (Å²) in [5.74, 6) is 1.85. The maximum absolute atomic E-state index is 10.6. The van der Waals surface area contributed by atoms with Crippen molar-refractivity contribution in [2.75, 3.05) is 18.5 Å². The van der Waals surface area contributed by atoms with Crippen molar-refractivity contribution < 1.29 is 9.53 Å². The van der Waals surface area contributed by atoms with Gasteiger partial charge in [-0.3, -0.25) is 4.79 Å². The van der Waals surface area contributed by atoms with Crippen LogP contribution in [-0.4, -0.2) is 19.1 Å². The first-order valence-corrected chi connectivity index (χ1v) is 7.38. The van der Waals surface area contributed by atoms with Crippen molar-refractivity contribution in [2.45, 2.75) is 32.6 Å². The summed E-state index contributed by atoms with van der Waals surface area (Å²) in [6.45, 7) is 3.30. The van der Waals surface area contributed by atoms with Gasteiger partial charge in [-0.2, -0.15) is 0 Å². The van der Waals surface area contributed by atoms with Crippen molar-refractivity contribution in [1.82, 2.24) is 0 Å². The van der Waals surface area contributed by atoms with Crippen LogP contribution in [0.5, 0.6) is 5.75 Å². The zero-order valence-corrected chi connectivity index (χ0v) is 12.1. The number of nitrogens with one attached hydrogen (secondary N) is 1. The van der Waals surface area contributed by atoms with Crippen molar-refractivity contribution in [3.63, 3.8) is 0 Å². The number of hydrogen-bond donors (Lipinski definition) is 2. The Hall–Kier alpha value is -1.71. The van der Waals surface area contributed by atoms with E-state index >= 15 is 0 Å². The molecule has 1 fully saturated rings. The molecule has 2 rings (SSSR count). The minimum absolute atomic E-state index is 0.0766. The summed E-state index contributed by atoms with van der Waals surface area (Å²) in [6.07, 6.45) is 5.39. The monoisotopic (exact) mass is 276 g/mol. The second-order valence-corrected chi connectivity index (χ2v) is 5.80. The highest BCUT2D eigenvalue weighted by Crippen LogP contribution is 2.28. The minimum Gasteiger partial charge on any atom is -0.484 e. The second kappa shape index (κ2) is 7.17. The molecule has 1 aromatic rings. The Bertz CT molecular complexity index is 431. The van der Waals surface area contributed by atoms with E-state index < -0.39 is 5.91 Å². The molecule has 1 aliphatic rings. The lowest BCUT2D eigenvalue weighted by Gasteiger charge is -2.27. The first-order valence-electron chi connectivity index (χ1n) is 7.38. The van der Waals surface area contributed by atoms with Crippen molar-refractivity contribution >= 4 is 11.6 Å². The molecule has 1 amide bonds. The highest BCUT2D eigenvalue weighted by molar-refractivity contribution is 5.75. The highest BCUT2D eigenvalue weighted by Gasteiger charge is 2.18. The number of ether oxygens (including phenoxy) is 1. The molecule has 1 aliphatic carbocycles. The molecule has 2 atom stereocenters. The summed E-state index contributed by atoms with van der Waals surface area (Å²) in [6, 6.07) is 7.66. The van der Waals surface area contributed by atoms with Gasteiger partial charge >= 0.3 is 0 Å². The Morgan fingerprint density at radius 2 is 2.10 bits per heavy atom. The fraction of sp³-hybridized carbons (Fsp3) is 0.562. The van der Waals surface area contributed by atoms with Gasteiger partial charge in [0.1, 0.15) is 5.75 Å². The van der Waals surface area contributed by atoms with Crippen LogP contribution in [0.25, 0.3) is 0 Å². The summed E-state index contributed by atoms with van der Waals surface area (Å²) in [4.78, 5) is 10.6. The van der Waals surface area contributed by atoms with E-state index in [2.05, 4.69) is 12.2 Å². The summed E-state index contributed by atoms with van der Waals surface area (Å²) in [7, 11) is 0. The molecule has 0 radical (unpaired) electrons. The summed E-state index contributed by atoms with van der Waals surface area (Å²) in [5.41, 5.74) is 6.13. The SMILES string of the molecule is CC1CCCC(CNc2ccc(OCC(N)=O)cc2)C1. The molecule has 0 spiro atoms. The quantitative estimate of drug-likeness (QED) is 0.839. The normalized spacial score (nSPS) is 22.2. The molecule has 4 heteroatoms. The van der Waals surface area contributed by atoms with Gasteiger partial charge in [-0.05, 0) is 48.9 Å². The molecular formula is C16H24N2O2. The minimum atomic E-state index is -0.460. The number of benzene rings is 1. The van der Waals surface area contributed by atoms with Crippen LogP contribution in [0.1, 0.15) is 32.6 Å².